The van der Waals surface area contributed by atoms with Crippen molar-refractivity contribution in [3.63, 3.8) is 0 Å². The molecule has 0 aliphatic rings. The summed E-state index contributed by atoms with van der Waals surface area (Å²) < 4.78 is 6.01. The van der Waals surface area contributed by atoms with Crippen LogP contribution < -0.4 is 0 Å². The Kier molecular flexibility index (Phi) is 5.53. The van der Waals surface area contributed by atoms with Crippen LogP contribution in [0.2, 0.25) is 5.02 Å². The molecule has 0 atom stereocenters. The molecule has 0 radical (unpaired) electrons. The third kappa shape index (κ3) is 4.41. The molecule has 0 bridgehead atoms. The lowest BCUT2D eigenvalue weighted by Crippen LogP contribution is -2.18. The molecular weight excluding hydrogens is 354 g/mol. The topological polar surface area (TPSA) is 38.7 Å². The summed E-state index contributed by atoms with van der Waals surface area (Å²) in [4.78, 5) is 16.5. The molecule has 0 aromatic heterocycles. The third-order valence-corrected chi connectivity index (χ3v) is 3.43. The zero-order valence-electron chi connectivity index (χ0n) is 11.3. The average molecular weight is 367 g/mol. The lowest BCUT2D eigenvalue weighted by molar-refractivity contribution is -0.134. The highest BCUT2D eigenvalue weighted by molar-refractivity contribution is 9.10. The lowest BCUT2D eigenvalue weighted by Gasteiger charge is -2.07. The molecule has 0 fully saturated rings. The average Bonchev–Trinajstić information content (AvgIpc) is 2.48. The van der Waals surface area contributed by atoms with E-state index in [1.54, 1.807) is 31.2 Å². The number of aliphatic imine (C=N–C) groups is 1. The molecule has 2 aromatic carbocycles. The molecule has 0 aliphatic heterocycles. The van der Waals surface area contributed by atoms with Gasteiger partial charge in [-0.25, -0.2) is 9.79 Å². The van der Waals surface area contributed by atoms with Crippen molar-refractivity contribution in [2.24, 2.45) is 4.99 Å². The van der Waals surface area contributed by atoms with Gasteiger partial charge in [-0.3, -0.25) is 0 Å². The highest BCUT2D eigenvalue weighted by atomic mass is 79.9. The van der Waals surface area contributed by atoms with E-state index in [1.807, 2.05) is 24.3 Å². The summed E-state index contributed by atoms with van der Waals surface area (Å²) in [5, 5.41) is 0.621. The number of halogens is 2. The highest BCUT2D eigenvalue weighted by Gasteiger charge is 2.15. The smallest absolute Gasteiger partial charge is 0.357 e. The summed E-state index contributed by atoms with van der Waals surface area (Å²) in [7, 11) is 0. The minimum absolute atomic E-state index is 0.270. The van der Waals surface area contributed by atoms with Crippen LogP contribution in [0.3, 0.4) is 0 Å². The Balaban J connectivity index is 2.42. The molecule has 0 spiro atoms. The molecule has 0 aliphatic carbocycles. The maximum Gasteiger partial charge on any atom is 0.357 e. The number of hydrogen-bond donors (Lipinski definition) is 0. The quantitative estimate of drug-likeness (QED) is 0.576. The van der Waals surface area contributed by atoms with Crippen LogP contribution in [0.1, 0.15) is 12.5 Å². The van der Waals surface area contributed by atoms with Gasteiger partial charge in [-0.1, -0.05) is 39.7 Å². The van der Waals surface area contributed by atoms with Crippen molar-refractivity contribution in [2.75, 3.05) is 6.61 Å². The number of carbonyl (C=O) groups is 1. The Hall–Kier alpha value is -1.65. The van der Waals surface area contributed by atoms with Crippen molar-refractivity contribution < 1.29 is 9.53 Å². The van der Waals surface area contributed by atoms with Gasteiger partial charge in [0.05, 0.1) is 12.3 Å². The van der Waals surface area contributed by atoms with Gasteiger partial charge in [0.2, 0.25) is 0 Å². The monoisotopic (exact) mass is 365 g/mol. The molecule has 0 saturated carbocycles. The minimum Gasteiger partial charge on any atom is -0.461 e. The number of ether oxygens (including phenoxy) is 1. The van der Waals surface area contributed by atoms with Gasteiger partial charge in [-0.05, 0) is 43.3 Å². The second kappa shape index (κ2) is 7.38. The van der Waals surface area contributed by atoms with E-state index in [4.69, 9.17) is 16.3 Å². The van der Waals surface area contributed by atoms with Crippen molar-refractivity contribution in [2.45, 2.75) is 6.92 Å². The van der Waals surface area contributed by atoms with Crippen LogP contribution in [0.15, 0.2) is 58.0 Å². The fourth-order valence-corrected chi connectivity index (χ4v) is 2.07. The Bertz CT molecular complexity index is 651. The Morgan fingerprint density at radius 1 is 1.14 bits per heavy atom. The van der Waals surface area contributed by atoms with E-state index in [2.05, 4.69) is 20.9 Å². The number of carbonyl (C=O) groups excluding carboxylic acids is 1. The maximum atomic E-state index is 12.1. The molecule has 2 aromatic rings. The normalized spacial score (nSPS) is 11.3. The van der Waals surface area contributed by atoms with Crippen molar-refractivity contribution in [1.29, 1.82) is 0 Å². The number of rotatable bonds is 4. The van der Waals surface area contributed by atoms with Crippen LogP contribution in [-0.4, -0.2) is 18.3 Å². The van der Waals surface area contributed by atoms with Gasteiger partial charge in [-0.15, -0.1) is 0 Å². The first-order valence-electron chi connectivity index (χ1n) is 6.37. The van der Waals surface area contributed by atoms with Gasteiger partial charge in [0, 0.05) is 15.1 Å². The van der Waals surface area contributed by atoms with E-state index in [-0.39, 0.29) is 5.71 Å². The maximum absolute atomic E-state index is 12.1. The van der Waals surface area contributed by atoms with E-state index in [0.29, 0.717) is 22.9 Å². The van der Waals surface area contributed by atoms with Crippen LogP contribution in [0.25, 0.3) is 0 Å². The summed E-state index contributed by atoms with van der Waals surface area (Å²) in [5.74, 6) is -0.449. The molecule has 21 heavy (non-hydrogen) atoms. The molecule has 5 heteroatoms. The summed E-state index contributed by atoms with van der Waals surface area (Å²) in [6.45, 7) is 2.06. The second-order valence-corrected chi connectivity index (χ2v) is 5.52. The predicted molar refractivity (Wildman–Crippen MR) is 88.4 cm³/mol. The molecule has 0 amide bonds. The van der Waals surface area contributed by atoms with Crippen LogP contribution in [0.4, 0.5) is 5.69 Å². The van der Waals surface area contributed by atoms with Gasteiger partial charge in [0.25, 0.3) is 0 Å². The van der Waals surface area contributed by atoms with Crippen LogP contribution >= 0.6 is 27.5 Å². The Morgan fingerprint density at radius 3 is 2.33 bits per heavy atom. The van der Waals surface area contributed by atoms with Crippen LogP contribution in [0.5, 0.6) is 0 Å². The summed E-state index contributed by atoms with van der Waals surface area (Å²) in [6, 6.07) is 14.3. The first-order valence-corrected chi connectivity index (χ1v) is 7.54. The van der Waals surface area contributed by atoms with Crippen molar-refractivity contribution in [3.05, 3.63) is 63.6 Å². The zero-order chi connectivity index (χ0) is 15.2. The van der Waals surface area contributed by atoms with E-state index < -0.39 is 5.97 Å². The number of nitrogens with zero attached hydrogens (tertiary/aromatic N) is 1. The molecule has 3 nitrogen and oxygen atoms in total. The minimum atomic E-state index is -0.449. The summed E-state index contributed by atoms with van der Waals surface area (Å²) >= 11 is 9.22. The van der Waals surface area contributed by atoms with Gasteiger partial charge < -0.3 is 4.74 Å². The lowest BCUT2D eigenvalue weighted by atomic mass is 10.1. The van der Waals surface area contributed by atoms with E-state index in [9.17, 15) is 4.79 Å². The summed E-state index contributed by atoms with van der Waals surface area (Å²) in [6.07, 6.45) is 0. The second-order valence-electron chi connectivity index (χ2n) is 4.16. The largest absolute Gasteiger partial charge is 0.461 e. The number of hydrogen-bond acceptors (Lipinski definition) is 3. The van der Waals surface area contributed by atoms with Crippen molar-refractivity contribution >= 4 is 44.9 Å². The third-order valence-electron chi connectivity index (χ3n) is 2.65. The van der Waals surface area contributed by atoms with Crippen LogP contribution in [-0.2, 0) is 9.53 Å². The molecular formula is C16H13BrClNO2. The number of esters is 1. The molecule has 0 saturated heterocycles. The van der Waals surface area contributed by atoms with E-state index in [1.165, 1.54) is 0 Å². The van der Waals surface area contributed by atoms with Gasteiger partial charge in [-0.2, -0.15) is 0 Å². The van der Waals surface area contributed by atoms with Gasteiger partial charge in [0.1, 0.15) is 0 Å². The Morgan fingerprint density at radius 2 is 1.76 bits per heavy atom. The van der Waals surface area contributed by atoms with Crippen molar-refractivity contribution in [3.8, 4) is 0 Å². The molecule has 108 valence electrons. The van der Waals surface area contributed by atoms with E-state index in [0.717, 1.165) is 4.47 Å². The summed E-state index contributed by atoms with van der Waals surface area (Å²) in [5.41, 5.74) is 1.61. The first kappa shape index (κ1) is 15.7. The molecule has 0 N–H and O–H groups in total. The fourth-order valence-electron chi connectivity index (χ4n) is 1.68. The number of benzene rings is 2. The van der Waals surface area contributed by atoms with Gasteiger partial charge in [0.15, 0.2) is 5.71 Å². The molecule has 2 rings (SSSR count). The standard InChI is InChI=1S/C16H13BrClNO2/c1-2-21-16(20)15(11-3-5-12(17)6-4-11)19-14-9-7-13(18)8-10-14/h3-10H,2H2,1H3. The SMILES string of the molecule is CCOC(=O)C(=Nc1ccc(Cl)cc1)c1ccc(Br)cc1. The molecule has 0 unspecified atom stereocenters. The Labute approximate surface area is 136 Å². The zero-order valence-corrected chi connectivity index (χ0v) is 13.7. The fraction of sp³-hybridized carbons (Fsp3) is 0.125. The predicted octanol–water partition coefficient (Wildman–Crippen LogP) is 4.79. The first-order chi connectivity index (χ1) is 10.1. The van der Waals surface area contributed by atoms with Crippen molar-refractivity contribution in [1.82, 2.24) is 0 Å². The van der Waals surface area contributed by atoms with Gasteiger partial charge >= 0.3 is 5.97 Å². The van der Waals surface area contributed by atoms with Crippen LogP contribution in [0, 0.1) is 0 Å². The van der Waals surface area contributed by atoms with E-state index >= 15 is 0 Å². The molecule has 0 heterocycles. The highest BCUT2D eigenvalue weighted by Crippen LogP contribution is 2.19.